The first-order valence-electron chi connectivity index (χ1n) is 21.9. The molecule has 0 saturated carbocycles. The van der Waals surface area contributed by atoms with Gasteiger partial charge in [-0.25, -0.2) is 4.79 Å². The minimum absolute atomic E-state index is 0.00980. The van der Waals surface area contributed by atoms with Gasteiger partial charge in [-0.05, 0) is 109 Å². The van der Waals surface area contributed by atoms with Gasteiger partial charge in [0.05, 0.1) is 48.3 Å². The molecule has 1 unspecified atom stereocenters. The predicted octanol–water partition coefficient (Wildman–Crippen LogP) is 12.4. The molecular formula is C48H70Cl3N3O7. The molecule has 0 aliphatic rings. The number of benzene rings is 3. The van der Waals surface area contributed by atoms with E-state index in [1.807, 2.05) is 26.0 Å². The van der Waals surface area contributed by atoms with Crippen LogP contribution < -0.4 is 20.1 Å². The molecule has 0 aliphatic carbocycles. The van der Waals surface area contributed by atoms with Crippen molar-refractivity contribution in [3.8, 4) is 17.2 Å². The van der Waals surface area contributed by atoms with Crippen LogP contribution in [0.5, 0.6) is 17.2 Å². The third-order valence-electron chi connectivity index (χ3n) is 10.4. The van der Waals surface area contributed by atoms with E-state index in [4.69, 9.17) is 44.3 Å². The Labute approximate surface area is 380 Å². The maximum Gasteiger partial charge on any atom is 0.398 e. The number of ether oxygens (including phenoxy) is 2. The zero-order valence-electron chi connectivity index (χ0n) is 38.4. The Morgan fingerprint density at radius 3 is 1.75 bits per heavy atom. The van der Waals surface area contributed by atoms with E-state index in [1.54, 1.807) is 40.7 Å². The number of unbranched alkanes of at least 4 members (excludes halogenated alkanes) is 4. The topological polar surface area (TPSA) is 128 Å². The number of anilines is 3. The van der Waals surface area contributed by atoms with Crippen molar-refractivity contribution in [3.63, 3.8) is 0 Å². The molecule has 3 aromatic rings. The zero-order valence-corrected chi connectivity index (χ0v) is 40.6. The third kappa shape index (κ3) is 15.9. The molecule has 0 fully saturated rings. The second-order valence-electron chi connectivity index (χ2n) is 16.7. The number of aromatic hydroxyl groups is 1. The molecular weight excluding hydrogens is 837 g/mol. The van der Waals surface area contributed by atoms with Gasteiger partial charge in [0.1, 0.15) is 11.4 Å². The van der Waals surface area contributed by atoms with Gasteiger partial charge in [-0.3, -0.25) is 14.5 Å². The van der Waals surface area contributed by atoms with Gasteiger partial charge in [-0.1, -0.05) is 125 Å². The van der Waals surface area contributed by atoms with E-state index in [2.05, 4.69) is 33.0 Å². The Morgan fingerprint density at radius 1 is 0.820 bits per heavy atom. The Morgan fingerprint density at radius 2 is 1.33 bits per heavy atom. The van der Waals surface area contributed by atoms with E-state index in [1.165, 1.54) is 100 Å². The number of halogens is 3. The summed E-state index contributed by atoms with van der Waals surface area (Å²) in [5, 5.41) is 25.1. The Hall–Kier alpha value is -3.70. The summed E-state index contributed by atoms with van der Waals surface area (Å²) >= 11 is 18.8. The number of nitrogens with one attached hydrogen (secondary N) is 1. The van der Waals surface area contributed by atoms with Gasteiger partial charge >= 0.3 is 11.9 Å². The molecule has 0 radical (unpaired) electrons. The number of hydrogen-bond acceptors (Lipinski definition) is 7. The fourth-order valence-electron chi connectivity index (χ4n) is 7.02. The number of aryl methyl sites for hydroxylation is 2. The van der Waals surface area contributed by atoms with Crippen LogP contribution in [0.2, 0.25) is 15.1 Å². The van der Waals surface area contributed by atoms with Crippen LogP contribution in [-0.2, 0) is 25.5 Å². The summed E-state index contributed by atoms with van der Waals surface area (Å²) in [6, 6.07) is 9.18. The van der Waals surface area contributed by atoms with Crippen LogP contribution in [-0.4, -0.2) is 65.3 Å². The summed E-state index contributed by atoms with van der Waals surface area (Å²) < 4.78 is 12.7. The number of phenolic OH excluding ortho intramolecular Hbond substituents is 1. The van der Waals surface area contributed by atoms with Gasteiger partial charge in [-0.2, -0.15) is 0 Å². The van der Waals surface area contributed by atoms with Crippen LogP contribution in [0.4, 0.5) is 17.1 Å². The molecule has 0 bridgehead atoms. The first-order valence-corrected chi connectivity index (χ1v) is 23.0. The number of quaternary nitrogens is 1. The van der Waals surface area contributed by atoms with Crippen molar-refractivity contribution in [3.05, 3.63) is 68.2 Å². The molecule has 1 atom stereocenters. The monoisotopic (exact) mass is 905 g/mol. The SMILES string of the molecule is CCCC[N+](CCCC)(CCCC)CCCC.CCc1c(N(C(=O)C(=O)OC(C)(C)C)c2cc(Cl)c([O-])c(Cl)c2)cc(NC(=O)C(CC)Oc2ccc(C)cc2C)c(O)c1Cl. The van der Waals surface area contributed by atoms with Gasteiger partial charge in [0.2, 0.25) is 0 Å². The maximum atomic E-state index is 13.7. The fraction of sp³-hybridized carbons (Fsp3) is 0.562. The molecule has 61 heavy (non-hydrogen) atoms. The molecule has 10 nitrogen and oxygen atoms in total. The quantitative estimate of drug-likeness (QED) is 0.0500. The number of hydrogen-bond donors (Lipinski definition) is 2. The number of nitrogens with zero attached hydrogens (tertiary/aromatic N) is 2. The molecule has 0 aliphatic heterocycles. The number of phenols is 1. The predicted molar refractivity (Wildman–Crippen MR) is 250 cm³/mol. The Balaban J connectivity index is 0.000000634. The third-order valence-corrected chi connectivity index (χ3v) is 11.4. The average molecular weight is 907 g/mol. The van der Waals surface area contributed by atoms with Crippen LogP contribution >= 0.6 is 34.8 Å². The first kappa shape index (κ1) is 53.4. The number of rotatable bonds is 20. The summed E-state index contributed by atoms with van der Waals surface area (Å²) in [6.45, 7) is 27.1. The van der Waals surface area contributed by atoms with E-state index < -0.39 is 41.0 Å². The maximum absolute atomic E-state index is 13.7. The largest absolute Gasteiger partial charge is 0.870 e. The standard InChI is InChI=1S/C32H35Cl3N2O7.C16H36N/c1-8-19-23(37(30(41)31(42)44-32(5,6)7)18-13-20(33)27(38)21(34)14-18)15-22(28(39)26(19)35)36-29(40)24(9-2)43-25-11-10-16(3)12-17(25)4;1-5-9-13-17(14-10-6-2,15-11-7-3)16-12-8-4/h10-15,24,38-39H,8-9H2,1-7H3,(H,36,40);5-16H2,1-4H3/q;+1/p-1. The van der Waals surface area contributed by atoms with Crippen molar-refractivity contribution in [2.45, 2.75) is 152 Å². The smallest absolute Gasteiger partial charge is 0.398 e. The number of carbonyl (C=O) groups excluding carboxylic acids is 3. The highest BCUT2D eigenvalue weighted by atomic mass is 35.5. The Kier molecular flexibility index (Phi) is 22.3. The van der Waals surface area contributed by atoms with Crippen LogP contribution in [0.3, 0.4) is 0 Å². The lowest BCUT2D eigenvalue weighted by atomic mass is 10.1. The van der Waals surface area contributed by atoms with Gasteiger partial charge < -0.3 is 29.5 Å². The lowest BCUT2D eigenvalue weighted by Crippen LogP contribution is -2.50. The second kappa shape index (κ2) is 25.4. The van der Waals surface area contributed by atoms with Crippen LogP contribution in [0.1, 0.15) is 137 Å². The molecule has 0 saturated heterocycles. The summed E-state index contributed by atoms with van der Waals surface area (Å²) in [5.74, 6) is -3.60. The molecule has 2 N–H and O–H groups in total. The second-order valence-corrected chi connectivity index (χ2v) is 17.9. The van der Waals surface area contributed by atoms with Crippen molar-refractivity contribution in [2.24, 2.45) is 0 Å². The molecule has 13 heteroatoms. The van der Waals surface area contributed by atoms with E-state index >= 15 is 0 Å². The fourth-order valence-corrected chi connectivity index (χ4v) is 7.82. The molecule has 2 amide bonds. The summed E-state index contributed by atoms with van der Waals surface area (Å²) in [5.41, 5.74) is 0.912. The number of amides is 2. The Bertz CT molecular complexity index is 1850. The molecule has 0 aromatic heterocycles. The molecule has 0 spiro atoms. The van der Waals surface area contributed by atoms with E-state index in [9.17, 15) is 24.6 Å². The lowest BCUT2D eigenvalue weighted by molar-refractivity contribution is -0.929. The molecule has 3 rings (SSSR count). The zero-order chi connectivity index (χ0) is 46.1. The van der Waals surface area contributed by atoms with E-state index in [0.717, 1.165) is 16.0 Å². The van der Waals surface area contributed by atoms with Crippen molar-refractivity contribution < 1.29 is 38.6 Å². The summed E-state index contributed by atoms with van der Waals surface area (Å²) in [6.07, 6.45) is 10.6. The van der Waals surface area contributed by atoms with Crippen molar-refractivity contribution in [1.29, 1.82) is 0 Å². The van der Waals surface area contributed by atoms with E-state index in [0.29, 0.717) is 5.75 Å². The van der Waals surface area contributed by atoms with Crippen molar-refractivity contribution in [1.82, 2.24) is 0 Å². The van der Waals surface area contributed by atoms with Gasteiger partial charge in [-0.15, -0.1) is 0 Å². The van der Waals surface area contributed by atoms with E-state index in [-0.39, 0.29) is 50.5 Å². The number of esters is 1. The molecule has 340 valence electrons. The highest BCUT2D eigenvalue weighted by Gasteiger charge is 2.34. The summed E-state index contributed by atoms with van der Waals surface area (Å²) in [4.78, 5) is 41.1. The van der Waals surface area contributed by atoms with Crippen LogP contribution in [0, 0.1) is 13.8 Å². The first-order chi connectivity index (χ1) is 28.7. The normalized spacial score (nSPS) is 12.0. The minimum Gasteiger partial charge on any atom is -0.870 e. The molecule has 0 heterocycles. The van der Waals surface area contributed by atoms with Crippen molar-refractivity contribution >= 4 is 69.6 Å². The molecule has 3 aromatic carbocycles. The number of carbonyl (C=O) groups is 3. The average Bonchev–Trinajstić information content (AvgIpc) is 3.20. The van der Waals surface area contributed by atoms with Gasteiger partial charge in [0.25, 0.3) is 5.91 Å². The van der Waals surface area contributed by atoms with Crippen LogP contribution in [0.15, 0.2) is 36.4 Å². The van der Waals surface area contributed by atoms with Gasteiger partial charge in [0.15, 0.2) is 11.9 Å². The minimum atomic E-state index is -1.22. The van der Waals surface area contributed by atoms with Gasteiger partial charge in [0, 0.05) is 10.0 Å². The highest BCUT2D eigenvalue weighted by Crippen LogP contribution is 2.45. The lowest BCUT2D eigenvalue weighted by Gasteiger charge is -2.39. The highest BCUT2D eigenvalue weighted by molar-refractivity contribution is 6.42. The van der Waals surface area contributed by atoms with Crippen molar-refractivity contribution in [2.75, 3.05) is 36.4 Å². The van der Waals surface area contributed by atoms with Crippen LogP contribution in [0.25, 0.3) is 0 Å². The summed E-state index contributed by atoms with van der Waals surface area (Å²) in [7, 11) is 0.